The number of nitrogens with zero attached hydrogens (tertiary/aromatic N) is 12. The number of sulfone groups is 4. The molecule has 0 aliphatic carbocycles. The summed E-state index contributed by atoms with van der Waals surface area (Å²) in [4.78, 5) is 86.9. The van der Waals surface area contributed by atoms with Crippen LogP contribution in [-0.2, 0) is 135 Å². The van der Waals surface area contributed by atoms with Gasteiger partial charge in [-0.1, -0.05) is 89.8 Å². The largest absolute Gasteiger partial charge is 2.00 e. The molecule has 8 bridgehead atoms. The topological polar surface area (TPSA) is 497 Å². The van der Waals surface area contributed by atoms with Gasteiger partial charge in [-0.15, -0.1) is 0 Å². The number of likely N-dealkylation sites (N-methyl/N-ethyl adjacent to an activating group) is 4. The summed E-state index contributed by atoms with van der Waals surface area (Å²) < 4.78 is 246. The molecule has 0 amide bonds. The molecule has 1 radical (unpaired) electrons. The zero-order valence-corrected chi connectivity index (χ0v) is 73.2. The third-order valence-corrected chi connectivity index (χ3v) is 33.5. The summed E-state index contributed by atoms with van der Waals surface area (Å²) in [5.41, 5.74) is -1.02. The van der Waals surface area contributed by atoms with Crippen molar-refractivity contribution in [2.75, 3.05) is 127 Å². The van der Waals surface area contributed by atoms with Crippen molar-refractivity contribution in [1.82, 2.24) is 57.1 Å². The average Bonchev–Trinajstić information content (AvgIpc) is 1.59. The Hall–Kier alpha value is -8.18. The van der Waals surface area contributed by atoms with Crippen LogP contribution in [0.5, 0.6) is 0 Å². The molecule has 3 aromatic heterocycles. The van der Waals surface area contributed by atoms with Crippen LogP contribution in [0, 0.1) is 0 Å². The molecule has 0 saturated carbocycles. The van der Waals surface area contributed by atoms with Gasteiger partial charge in [-0.2, -0.15) is 17.2 Å². The maximum atomic E-state index is 14.5. The molecule has 4 aromatic carbocycles. The predicted molar refractivity (Wildman–Crippen MR) is 434 cm³/mol. The van der Waals surface area contributed by atoms with E-state index in [9.17, 15) is 86.5 Å². The molecule has 0 unspecified atom stereocenters. The molecule has 36 nitrogen and oxygen atoms in total. The molecule has 5 heterocycles. The van der Waals surface area contributed by atoms with Gasteiger partial charge in [0, 0.05) is 73.0 Å². The molecular formula is C73H92CuN12O24S8. The monoisotopic (exact) mass is 1840 g/mol. The van der Waals surface area contributed by atoms with Gasteiger partial charge in [0.25, 0.3) is 0 Å². The van der Waals surface area contributed by atoms with Crippen LogP contribution in [0.25, 0.3) is 89.7 Å². The van der Waals surface area contributed by atoms with E-state index in [0.29, 0.717) is 30.0 Å². The third-order valence-electron chi connectivity index (χ3n) is 18.7. The van der Waals surface area contributed by atoms with Gasteiger partial charge >= 0.3 is 40.9 Å². The summed E-state index contributed by atoms with van der Waals surface area (Å²) in [5.74, 6) is -10.2. The molecule has 45 heteroatoms. The Morgan fingerprint density at radius 1 is 0.339 bits per heavy atom. The van der Waals surface area contributed by atoms with Gasteiger partial charge in [0.05, 0.1) is 109 Å². The van der Waals surface area contributed by atoms with Crippen molar-refractivity contribution in [1.29, 1.82) is 0 Å². The van der Waals surface area contributed by atoms with Gasteiger partial charge in [-0.05, 0) is 115 Å². The number of aromatic nitrogens is 8. The van der Waals surface area contributed by atoms with Crippen molar-refractivity contribution in [2.24, 2.45) is 0 Å². The van der Waals surface area contributed by atoms with Crippen molar-refractivity contribution in [3.63, 3.8) is 0 Å². The third kappa shape index (κ3) is 24.3. The first kappa shape index (κ1) is 95.3. The Balaban J connectivity index is 0.0000174. The smallest absolute Gasteiger partial charge is 0.465 e. The normalized spacial score (nSPS) is 12.9. The Morgan fingerprint density at radius 3 is 0.915 bits per heavy atom. The number of rotatable bonds is 45. The van der Waals surface area contributed by atoms with Crippen molar-refractivity contribution in [2.45, 2.75) is 117 Å². The van der Waals surface area contributed by atoms with Crippen LogP contribution in [0.2, 0.25) is 0 Å². The number of fused-ring (bicyclic) bond motifs is 20. The van der Waals surface area contributed by atoms with Crippen LogP contribution >= 0.6 is 0 Å². The molecule has 0 spiro atoms. The number of hydrogen-bond donors (Lipinski definition) is 0. The Labute approximate surface area is 697 Å². The molecule has 0 fully saturated rings. The molecule has 118 heavy (non-hydrogen) atoms. The van der Waals surface area contributed by atoms with Gasteiger partial charge in [-0.25, -0.2) is 77.3 Å². The fourth-order valence-corrected chi connectivity index (χ4v) is 22.6. The molecule has 647 valence electrons. The van der Waals surface area contributed by atoms with Gasteiger partial charge < -0.3 is 48.9 Å². The molecule has 2 aliphatic rings. The first-order chi connectivity index (χ1) is 55.0. The van der Waals surface area contributed by atoms with Gasteiger partial charge in [-0.3, -0.25) is 19.2 Å². The van der Waals surface area contributed by atoms with E-state index in [0.717, 1.165) is 66.8 Å². The Kier molecular flexibility index (Phi) is 32.7. The summed E-state index contributed by atoms with van der Waals surface area (Å²) in [5, 5.41) is 0.0665. The molecule has 0 atom stereocenters. The van der Waals surface area contributed by atoms with E-state index in [1.54, 1.807) is 0 Å². The Morgan fingerprint density at radius 2 is 0.610 bits per heavy atom. The second-order valence-electron chi connectivity index (χ2n) is 27.7. The number of carbonyl (C=O) groups is 4. The SMILES string of the molecule is C=CCOC(=O)CN(C)S(=O)(=O)CCCS(=O)(=O)c1ccc2c3nc4nc(nc5[n-]c(nc6nc(nc([n-]3)c2c1)-c1cc(S(=O)(=O)CCCS(=O)(=O)N(C)CC(=O)OCCCC)ccc1-6)c1ccc(S(=O)(=O)CCCS(=O)(=O)N(C)CC(=O)OCCCCC)cc51)-c1cc(S(=O)(=O)CCCS(=O)(=O)N(C)CC(=O)OCCCCC)ccc1-4.[Cu+2]. The van der Waals surface area contributed by atoms with E-state index in [2.05, 4.69) is 6.58 Å². The first-order valence-electron chi connectivity index (χ1n) is 37.2. The summed E-state index contributed by atoms with van der Waals surface area (Å²) >= 11 is 0. The van der Waals surface area contributed by atoms with Crippen molar-refractivity contribution in [3.05, 3.63) is 85.5 Å². The summed E-state index contributed by atoms with van der Waals surface area (Å²) in [6.07, 6.45) is 5.13. The molecule has 9 rings (SSSR count). The first-order valence-corrected chi connectivity index (χ1v) is 50.3. The van der Waals surface area contributed by atoms with Gasteiger partial charge in [0.15, 0.2) is 39.3 Å². The van der Waals surface area contributed by atoms with E-state index in [1.165, 1.54) is 78.9 Å². The van der Waals surface area contributed by atoms with Crippen molar-refractivity contribution >= 4 is 147 Å². The fraction of sp³-hybridized carbons (Fsp3) is 0.479. The molecule has 7 aromatic rings. The van der Waals surface area contributed by atoms with E-state index in [-0.39, 0.29) is 153 Å². The number of unbranched alkanes of at least 4 members (excludes halogenated alkanes) is 5. The maximum Gasteiger partial charge on any atom is 2.00 e. The summed E-state index contributed by atoms with van der Waals surface area (Å²) in [7, 11) is -30.1. The number of carbonyl (C=O) groups excluding carboxylic acids is 4. The second-order valence-corrected chi connectivity index (χ2v) is 44.9. The summed E-state index contributed by atoms with van der Waals surface area (Å²) in [6.45, 7) is 6.73. The Bertz CT molecular complexity index is 6070. The molecular weight excluding hydrogens is 1750 g/mol. The minimum absolute atomic E-state index is 0. The standard InChI is InChI=1S/C73H92N12O24S8.Cu/c1-9-13-16-32-108-64(88)48-84(7)116(102,103)40-20-36-112(94,95)52-24-28-56-60(44-52)72-78-68(56)74-66-54-26-22-50(110(90,91)34-18-38-114(98,99)82(5)46-62(86)106-30-12-4)42-58(54)70(76-66)80-71-59-43-51(111(92,93)35-19-39-115(100,101)83(6)47-63(87)107-31-15-11-3)23-27-55(59)67(77-71)75-69-57-29-25-53(45-61(57)73(79-69)81-72)113(96,97)37-21-41-117(104,105)85(8)49-65(89)109-33-17-14-10-2;/h12,22-29,42-45H,4,9-11,13-21,30-41,46-49H2,1-3,5-8H3;/q-2;+2. The molecule has 0 N–H and O–H groups in total. The zero-order chi connectivity index (χ0) is 85.6. The van der Waals surface area contributed by atoms with Crippen LogP contribution in [0.15, 0.2) is 105 Å². The second kappa shape index (κ2) is 40.5. The van der Waals surface area contributed by atoms with Crippen LogP contribution < -0.4 is 9.97 Å². The number of benzene rings is 4. The molecule has 2 aliphatic heterocycles. The number of esters is 4. The zero-order valence-electron chi connectivity index (χ0n) is 65.7. The molecule has 0 saturated heterocycles. The predicted octanol–water partition coefficient (Wildman–Crippen LogP) is 5.37. The maximum absolute atomic E-state index is 14.5. The minimum Gasteiger partial charge on any atom is -0.465 e. The summed E-state index contributed by atoms with van der Waals surface area (Å²) in [6, 6.07) is 14.8. The van der Waals surface area contributed by atoms with Crippen LogP contribution in [0.1, 0.15) is 97.8 Å². The van der Waals surface area contributed by atoms with E-state index in [1.807, 2.05) is 20.8 Å². The fourth-order valence-electron chi connectivity index (χ4n) is 12.0. The number of hydrogen-bond acceptors (Lipinski definition) is 30. The van der Waals surface area contributed by atoms with Gasteiger partial charge in [0.1, 0.15) is 32.8 Å². The average molecular weight is 1840 g/mol. The van der Waals surface area contributed by atoms with Gasteiger partial charge in [0.2, 0.25) is 40.1 Å². The minimum atomic E-state index is -4.44. The van der Waals surface area contributed by atoms with Crippen molar-refractivity contribution < 1.29 is 123 Å². The van der Waals surface area contributed by atoms with Crippen LogP contribution in [0.3, 0.4) is 0 Å². The quantitative estimate of drug-likeness (QED) is 0.0152. The van der Waals surface area contributed by atoms with E-state index in [4.69, 9.17) is 58.8 Å². The van der Waals surface area contributed by atoms with E-state index < -0.39 is 201 Å². The van der Waals surface area contributed by atoms with Crippen LogP contribution in [0.4, 0.5) is 0 Å². The van der Waals surface area contributed by atoms with E-state index >= 15 is 0 Å². The van der Waals surface area contributed by atoms with Crippen LogP contribution in [-0.4, -0.2) is 265 Å². The number of sulfonamides is 4. The van der Waals surface area contributed by atoms with Crippen molar-refractivity contribution in [3.8, 4) is 45.6 Å². The number of ether oxygens (including phenoxy) is 4.